The highest BCUT2D eigenvalue weighted by molar-refractivity contribution is 7.14. The molecule has 2 heterocycles. The van der Waals surface area contributed by atoms with E-state index in [0.29, 0.717) is 5.56 Å². The van der Waals surface area contributed by atoms with Gasteiger partial charge in [-0.1, -0.05) is 35.9 Å². The first-order valence-electron chi connectivity index (χ1n) is 9.89. The molecule has 6 heteroatoms. The summed E-state index contributed by atoms with van der Waals surface area (Å²) in [5.74, 6) is 0.868. The van der Waals surface area contributed by atoms with Crippen LogP contribution < -0.4 is 5.32 Å². The normalized spacial score (nSPS) is 10.9. The van der Waals surface area contributed by atoms with E-state index in [0.717, 1.165) is 50.1 Å². The van der Waals surface area contributed by atoms with Gasteiger partial charge in [0.15, 0.2) is 5.13 Å². The molecule has 0 fully saturated rings. The van der Waals surface area contributed by atoms with E-state index in [2.05, 4.69) is 60.5 Å². The third kappa shape index (κ3) is 3.79. The summed E-state index contributed by atoms with van der Waals surface area (Å²) in [7, 11) is 0. The zero-order chi connectivity index (χ0) is 21.4. The summed E-state index contributed by atoms with van der Waals surface area (Å²) in [4.78, 5) is 12.9. The van der Waals surface area contributed by atoms with Gasteiger partial charge in [-0.25, -0.2) is 9.97 Å². The molecule has 0 saturated carbocycles. The minimum Gasteiger partial charge on any atom is -0.338 e. The molecule has 0 spiro atoms. The van der Waals surface area contributed by atoms with Crippen molar-refractivity contribution in [3.63, 3.8) is 0 Å². The van der Waals surface area contributed by atoms with Gasteiger partial charge in [0.2, 0.25) is 0 Å². The molecular weight excluding hydrogens is 402 g/mol. The van der Waals surface area contributed by atoms with Gasteiger partial charge in [0.25, 0.3) is 0 Å². The van der Waals surface area contributed by atoms with Crippen LogP contribution in [-0.2, 0) is 0 Å². The summed E-state index contributed by atoms with van der Waals surface area (Å²) >= 11 is 1.55. The number of rotatable bonds is 4. The van der Waals surface area contributed by atoms with Crippen LogP contribution >= 0.6 is 11.3 Å². The van der Waals surface area contributed by atoms with Crippen molar-refractivity contribution in [2.75, 3.05) is 5.32 Å². The number of hydrogen-bond donors (Lipinski definition) is 2. The van der Waals surface area contributed by atoms with Crippen LogP contribution in [-0.4, -0.2) is 15.0 Å². The maximum Gasteiger partial charge on any atom is 0.187 e. The molecular formula is C25H19N5S. The van der Waals surface area contributed by atoms with Crippen LogP contribution in [0, 0.1) is 25.2 Å². The van der Waals surface area contributed by atoms with Crippen LogP contribution in [0.5, 0.6) is 0 Å². The number of anilines is 2. The number of H-pyrrole nitrogens is 1. The van der Waals surface area contributed by atoms with Gasteiger partial charge in [-0.05, 0) is 49.7 Å². The van der Waals surface area contributed by atoms with Gasteiger partial charge < -0.3 is 10.3 Å². The average molecular weight is 422 g/mol. The summed E-state index contributed by atoms with van der Waals surface area (Å²) < 4.78 is 0. The average Bonchev–Trinajstić information content (AvgIpc) is 3.41. The molecule has 0 unspecified atom stereocenters. The van der Waals surface area contributed by atoms with Crippen LogP contribution in [0.2, 0.25) is 0 Å². The molecule has 0 saturated heterocycles. The third-order valence-electron chi connectivity index (χ3n) is 5.18. The van der Waals surface area contributed by atoms with E-state index in [-0.39, 0.29) is 0 Å². The molecule has 0 aliphatic carbocycles. The van der Waals surface area contributed by atoms with E-state index < -0.39 is 0 Å². The van der Waals surface area contributed by atoms with Gasteiger partial charge in [0.05, 0.1) is 28.4 Å². The molecule has 0 atom stereocenters. The number of nitrogens with one attached hydrogen (secondary N) is 2. The molecule has 31 heavy (non-hydrogen) atoms. The summed E-state index contributed by atoms with van der Waals surface area (Å²) in [6.07, 6.45) is 0. The molecule has 3 aromatic carbocycles. The lowest BCUT2D eigenvalue weighted by Crippen LogP contribution is -1.93. The van der Waals surface area contributed by atoms with E-state index in [1.807, 2.05) is 35.7 Å². The number of imidazole rings is 1. The van der Waals surface area contributed by atoms with Crippen molar-refractivity contribution in [3.8, 4) is 28.7 Å². The molecule has 5 rings (SSSR count). The Morgan fingerprint density at radius 2 is 1.81 bits per heavy atom. The van der Waals surface area contributed by atoms with Crippen LogP contribution in [0.15, 0.2) is 66.0 Å². The second-order valence-corrected chi connectivity index (χ2v) is 8.35. The Morgan fingerprint density at radius 1 is 0.968 bits per heavy atom. The number of aryl methyl sites for hydroxylation is 2. The van der Waals surface area contributed by atoms with Gasteiger partial charge in [-0.15, -0.1) is 11.3 Å². The fraction of sp³-hybridized carbons (Fsp3) is 0.0800. The topological polar surface area (TPSA) is 77.4 Å². The standard InChI is InChI=1S/C25H19N5S/c1-15-4-3-5-19(10-15)24-27-21-11-16(2)20(12-22(21)28-24)29-25-30-23(14-31-25)18-8-6-17(13-26)7-9-18/h3-12,14H,1-2H3,(H,27,28)(H,29,30). The van der Waals surface area contributed by atoms with Crippen molar-refractivity contribution >= 4 is 33.2 Å². The van der Waals surface area contributed by atoms with Gasteiger partial charge in [-0.2, -0.15) is 5.26 Å². The van der Waals surface area contributed by atoms with Crippen LogP contribution in [0.4, 0.5) is 10.8 Å². The highest BCUT2D eigenvalue weighted by Crippen LogP contribution is 2.31. The number of nitrogens with zero attached hydrogens (tertiary/aromatic N) is 3. The van der Waals surface area contributed by atoms with E-state index in [4.69, 9.17) is 15.2 Å². The number of aromatic nitrogens is 3. The van der Waals surface area contributed by atoms with E-state index in [1.54, 1.807) is 11.3 Å². The predicted molar refractivity (Wildman–Crippen MR) is 127 cm³/mol. The SMILES string of the molecule is Cc1cccc(-c2nc3cc(C)c(Nc4nc(-c5ccc(C#N)cc5)cs4)cc3[nH]2)c1. The number of nitriles is 1. The Labute approximate surface area is 184 Å². The lowest BCUT2D eigenvalue weighted by atomic mass is 10.1. The zero-order valence-electron chi connectivity index (χ0n) is 17.1. The van der Waals surface area contributed by atoms with Crippen LogP contribution in [0.1, 0.15) is 16.7 Å². The van der Waals surface area contributed by atoms with Gasteiger partial charge in [-0.3, -0.25) is 0 Å². The highest BCUT2D eigenvalue weighted by atomic mass is 32.1. The molecule has 0 radical (unpaired) electrons. The van der Waals surface area contributed by atoms with Gasteiger partial charge in [0, 0.05) is 22.2 Å². The molecule has 0 bridgehead atoms. The first kappa shape index (κ1) is 19.0. The number of fused-ring (bicyclic) bond motifs is 1. The molecule has 5 nitrogen and oxygen atoms in total. The number of aromatic amines is 1. The Bertz CT molecular complexity index is 1440. The minimum atomic E-state index is 0.644. The van der Waals surface area contributed by atoms with E-state index in [1.165, 1.54) is 5.56 Å². The Balaban J connectivity index is 1.43. The van der Waals surface area contributed by atoms with Crippen molar-refractivity contribution in [2.24, 2.45) is 0 Å². The quantitative estimate of drug-likeness (QED) is 0.343. The number of hydrogen-bond acceptors (Lipinski definition) is 5. The fourth-order valence-corrected chi connectivity index (χ4v) is 4.25. The lowest BCUT2D eigenvalue weighted by Gasteiger charge is -2.06. The second kappa shape index (κ2) is 7.71. The molecule has 0 aliphatic heterocycles. The maximum absolute atomic E-state index is 8.97. The molecule has 150 valence electrons. The molecule has 2 aromatic heterocycles. The van der Waals surface area contributed by atoms with Crippen molar-refractivity contribution in [1.82, 2.24) is 15.0 Å². The molecule has 5 aromatic rings. The molecule has 2 N–H and O–H groups in total. The highest BCUT2D eigenvalue weighted by Gasteiger charge is 2.11. The minimum absolute atomic E-state index is 0.644. The molecule has 0 amide bonds. The van der Waals surface area contributed by atoms with Crippen LogP contribution in [0.25, 0.3) is 33.7 Å². The van der Waals surface area contributed by atoms with E-state index >= 15 is 0 Å². The third-order valence-corrected chi connectivity index (χ3v) is 5.93. The van der Waals surface area contributed by atoms with Crippen LogP contribution in [0.3, 0.4) is 0 Å². The first-order chi connectivity index (χ1) is 15.1. The largest absolute Gasteiger partial charge is 0.338 e. The Kier molecular flexibility index (Phi) is 4.73. The van der Waals surface area contributed by atoms with E-state index in [9.17, 15) is 0 Å². The molecule has 0 aliphatic rings. The van der Waals surface area contributed by atoms with Crippen molar-refractivity contribution in [1.29, 1.82) is 5.26 Å². The fourth-order valence-electron chi connectivity index (χ4n) is 3.52. The Hall–Kier alpha value is -3.95. The summed E-state index contributed by atoms with van der Waals surface area (Å²) in [5, 5.41) is 15.2. The number of thiazole rings is 1. The number of benzene rings is 3. The van der Waals surface area contributed by atoms with Crippen molar-refractivity contribution < 1.29 is 0 Å². The monoisotopic (exact) mass is 421 g/mol. The summed E-state index contributed by atoms with van der Waals surface area (Å²) in [6, 6.07) is 22.1. The van der Waals surface area contributed by atoms with Crippen molar-refractivity contribution in [2.45, 2.75) is 13.8 Å². The van der Waals surface area contributed by atoms with Crippen molar-refractivity contribution in [3.05, 3.63) is 82.7 Å². The summed E-state index contributed by atoms with van der Waals surface area (Å²) in [5.41, 5.74) is 8.83. The predicted octanol–water partition coefficient (Wildman–Crippen LogP) is 6.59. The van der Waals surface area contributed by atoms with Gasteiger partial charge in [0.1, 0.15) is 5.82 Å². The lowest BCUT2D eigenvalue weighted by molar-refractivity contribution is 1.32. The second-order valence-electron chi connectivity index (χ2n) is 7.49. The Morgan fingerprint density at radius 3 is 2.58 bits per heavy atom. The maximum atomic E-state index is 8.97. The zero-order valence-corrected chi connectivity index (χ0v) is 17.9. The van der Waals surface area contributed by atoms with Gasteiger partial charge >= 0.3 is 0 Å². The smallest absolute Gasteiger partial charge is 0.187 e. The summed E-state index contributed by atoms with van der Waals surface area (Å²) in [6.45, 7) is 4.15. The first-order valence-corrected chi connectivity index (χ1v) is 10.8.